The Bertz CT molecular complexity index is 516. The lowest BCUT2D eigenvalue weighted by Crippen LogP contribution is -2.46. The molecule has 0 aromatic heterocycles. The molecular weight excluding hydrogens is 401 g/mol. The molecule has 1 amide bonds. The van der Waals surface area contributed by atoms with Gasteiger partial charge in [0.2, 0.25) is 5.91 Å². The predicted octanol–water partition coefficient (Wildman–Crippen LogP) is 3.34. The van der Waals surface area contributed by atoms with Crippen LogP contribution in [0, 0.1) is 0 Å². The number of nitrogens with one attached hydrogen (secondary N) is 1. The largest absolute Gasteiger partial charge is 0.354 e. The normalized spacial score (nSPS) is 18.3. The Morgan fingerprint density at radius 3 is 2.96 bits per heavy atom. The van der Waals surface area contributed by atoms with Gasteiger partial charge in [-0.25, -0.2) is 0 Å². The Morgan fingerprint density at radius 2 is 2.22 bits per heavy atom. The third-order valence-electron chi connectivity index (χ3n) is 4.04. The number of piperidine rings is 1. The number of carbonyl (C=O) groups is 1. The topological polar surface area (TPSA) is 58.4 Å². The van der Waals surface area contributed by atoms with Gasteiger partial charge in [0.25, 0.3) is 0 Å². The molecule has 1 aliphatic rings. The molecule has 1 heterocycles. The van der Waals surface area contributed by atoms with E-state index in [1.807, 2.05) is 18.2 Å². The number of nitrogens with two attached hydrogens (primary N) is 1. The summed E-state index contributed by atoms with van der Waals surface area (Å²) in [7, 11) is 0. The molecule has 2 rings (SSSR count). The third-order valence-corrected chi connectivity index (χ3v) is 5.05. The molecule has 0 aliphatic carbocycles. The van der Waals surface area contributed by atoms with Crippen molar-refractivity contribution in [1.29, 1.82) is 0 Å². The molecule has 1 aliphatic heterocycles. The van der Waals surface area contributed by atoms with Crippen LogP contribution in [0.15, 0.2) is 22.7 Å². The Balaban J connectivity index is 0.00000264. The summed E-state index contributed by atoms with van der Waals surface area (Å²) in [5.74, 6) is 0.0389. The van der Waals surface area contributed by atoms with Crippen LogP contribution in [0.3, 0.4) is 0 Å². The summed E-state index contributed by atoms with van der Waals surface area (Å²) >= 11 is 9.69. The maximum Gasteiger partial charge on any atom is 0.221 e. The monoisotopic (exact) mass is 423 g/mol. The first-order valence-electron chi connectivity index (χ1n) is 7.75. The molecule has 1 fully saturated rings. The second kappa shape index (κ2) is 10.5. The quantitative estimate of drug-likeness (QED) is 0.736. The van der Waals surface area contributed by atoms with Crippen LogP contribution >= 0.6 is 39.9 Å². The Labute approximate surface area is 157 Å². The van der Waals surface area contributed by atoms with Crippen LogP contribution < -0.4 is 11.1 Å². The molecule has 7 heteroatoms. The molecule has 0 saturated carbocycles. The lowest BCUT2D eigenvalue weighted by molar-refractivity contribution is -0.121. The Hall–Kier alpha value is -0.330. The molecule has 0 spiro atoms. The van der Waals surface area contributed by atoms with Crippen molar-refractivity contribution in [2.45, 2.75) is 38.3 Å². The molecule has 4 nitrogen and oxygen atoms in total. The van der Waals surface area contributed by atoms with Gasteiger partial charge in [-0.05, 0) is 43.1 Å². The number of rotatable bonds is 6. The summed E-state index contributed by atoms with van der Waals surface area (Å²) in [5.41, 5.74) is 6.60. The van der Waals surface area contributed by atoms with Crippen molar-refractivity contribution < 1.29 is 4.79 Å². The van der Waals surface area contributed by atoms with Gasteiger partial charge in [0.15, 0.2) is 0 Å². The highest BCUT2D eigenvalue weighted by atomic mass is 79.9. The van der Waals surface area contributed by atoms with E-state index in [2.05, 4.69) is 26.1 Å². The van der Waals surface area contributed by atoms with E-state index < -0.39 is 0 Å². The smallest absolute Gasteiger partial charge is 0.221 e. The van der Waals surface area contributed by atoms with Gasteiger partial charge < -0.3 is 11.1 Å². The standard InChI is InChI=1S/C16H23BrClN3O.ClH/c17-15-5-4-13(18)9-12(15)11-21-8-2-1-3-14(21)10-20-16(22)6-7-19;/h4-5,9,14H,1-3,6-8,10-11,19H2,(H,20,22);1H. The highest BCUT2D eigenvalue weighted by Gasteiger charge is 2.23. The molecule has 3 N–H and O–H groups in total. The zero-order valence-corrected chi connectivity index (χ0v) is 16.2. The van der Waals surface area contributed by atoms with Crippen molar-refractivity contribution in [1.82, 2.24) is 10.2 Å². The molecule has 0 radical (unpaired) electrons. The number of halogens is 3. The third kappa shape index (κ3) is 6.59. The number of amides is 1. The molecular formula is C16H24BrCl2N3O. The average molecular weight is 425 g/mol. The van der Waals surface area contributed by atoms with Crippen molar-refractivity contribution in [3.05, 3.63) is 33.3 Å². The van der Waals surface area contributed by atoms with Gasteiger partial charge in [-0.1, -0.05) is 34.0 Å². The van der Waals surface area contributed by atoms with Crippen LogP contribution in [0.25, 0.3) is 0 Å². The highest BCUT2D eigenvalue weighted by molar-refractivity contribution is 9.10. The first-order chi connectivity index (χ1) is 10.6. The molecule has 1 aromatic carbocycles. The Kier molecular flexibility index (Phi) is 9.47. The predicted molar refractivity (Wildman–Crippen MR) is 101 cm³/mol. The molecule has 1 aromatic rings. The van der Waals surface area contributed by atoms with E-state index in [0.717, 1.165) is 29.0 Å². The summed E-state index contributed by atoms with van der Waals surface area (Å²) in [5, 5.41) is 3.75. The van der Waals surface area contributed by atoms with Gasteiger partial charge in [-0.3, -0.25) is 9.69 Å². The van der Waals surface area contributed by atoms with E-state index in [4.69, 9.17) is 17.3 Å². The lowest BCUT2D eigenvalue weighted by Gasteiger charge is -2.36. The van der Waals surface area contributed by atoms with Gasteiger partial charge in [-0.15, -0.1) is 12.4 Å². The maximum atomic E-state index is 11.6. The van der Waals surface area contributed by atoms with Crippen LogP contribution in [-0.4, -0.2) is 36.5 Å². The van der Waals surface area contributed by atoms with Crippen molar-refractivity contribution in [3.8, 4) is 0 Å². The van der Waals surface area contributed by atoms with Gasteiger partial charge >= 0.3 is 0 Å². The lowest BCUT2D eigenvalue weighted by atomic mass is 10.0. The molecule has 23 heavy (non-hydrogen) atoms. The van der Waals surface area contributed by atoms with E-state index in [1.165, 1.54) is 18.4 Å². The van der Waals surface area contributed by atoms with Crippen LogP contribution in [0.1, 0.15) is 31.2 Å². The zero-order chi connectivity index (χ0) is 15.9. The van der Waals surface area contributed by atoms with Crippen LogP contribution in [0.5, 0.6) is 0 Å². The zero-order valence-electron chi connectivity index (χ0n) is 13.1. The van der Waals surface area contributed by atoms with E-state index in [0.29, 0.717) is 25.6 Å². The summed E-state index contributed by atoms with van der Waals surface area (Å²) in [6.45, 7) is 2.99. The summed E-state index contributed by atoms with van der Waals surface area (Å²) in [6.07, 6.45) is 3.92. The van der Waals surface area contributed by atoms with E-state index >= 15 is 0 Å². The average Bonchev–Trinajstić information content (AvgIpc) is 2.50. The summed E-state index contributed by atoms with van der Waals surface area (Å²) in [6, 6.07) is 6.25. The summed E-state index contributed by atoms with van der Waals surface area (Å²) in [4.78, 5) is 14.0. The number of benzene rings is 1. The second-order valence-corrected chi connectivity index (χ2v) is 6.99. The number of hydrogen-bond acceptors (Lipinski definition) is 3. The Morgan fingerprint density at radius 1 is 1.43 bits per heavy atom. The van der Waals surface area contributed by atoms with Crippen molar-refractivity contribution in [3.63, 3.8) is 0 Å². The molecule has 1 unspecified atom stereocenters. The van der Waals surface area contributed by atoms with E-state index in [1.54, 1.807) is 0 Å². The SMILES string of the molecule is Cl.NCCC(=O)NCC1CCCCN1Cc1cc(Cl)ccc1Br. The molecule has 0 bridgehead atoms. The molecule has 1 atom stereocenters. The fourth-order valence-electron chi connectivity index (χ4n) is 2.83. The number of carbonyl (C=O) groups excluding carboxylic acids is 1. The second-order valence-electron chi connectivity index (χ2n) is 5.70. The van der Waals surface area contributed by atoms with Crippen LogP contribution in [0.2, 0.25) is 5.02 Å². The van der Waals surface area contributed by atoms with Crippen molar-refractivity contribution in [2.75, 3.05) is 19.6 Å². The summed E-state index contributed by atoms with van der Waals surface area (Å²) < 4.78 is 1.08. The van der Waals surface area contributed by atoms with Gasteiger partial charge in [0.1, 0.15) is 0 Å². The van der Waals surface area contributed by atoms with Crippen LogP contribution in [0.4, 0.5) is 0 Å². The fraction of sp³-hybridized carbons (Fsp3) is 0.562. The minimum absolute atomic E-state index is 0. The molecule has 130 valence electrons. The van der Waals surface area contributed by atoms with E-state index in [-0.39, 0.29) is 18.3 Å². The van der Waals surface area contributed by atoms with Gasteiger partial charge in [0, 0.05) is 41.6 Å². The number of likely N-dealkylation sites (tertiary alicyclic amines) is 1. The van der Waals surface area contributed by atoms with Crippen LogP contribution in [-0.2, 0) is 11.3 Å². The van der Waals surface area contributed by atoms with Gasteiger partial charge in [-0.2, -0.15) is 0 Å². The number of nitrogens with zero attached hydrogens (tertiary/aromatic N) is 1. The van der Waals surface area contributed by atoms with Crippen molar-refractivity contribution >= 4 is 45.8 Å². The maximum absolute atomic E-state index is 11.6. The first kappa shape index (κ1) is 20.7. The minimum atomic E-state index is 0. The van der Waals surface area contributed by atoms with E-state index in [9.17, 15) is 4.79 Å². The minimum Gasteiger partial charge on any atom is -0.354 e. The fourth-order valence-corrected chi connectivity index (χ4v) is 3.40. The van der Waals surface area contributed by atoms with Gasteiger partial charge in [0.05, 0.1) is 0 Å². The van der Waals surface area contributed by atoms with Crippen molar-refractivity contribution in [2.24, 2.45) is 5.73 Å². The number of hydrogen-bond donors (Lipinski definition) is 2. The first-order valence-corrected chi connectivity index (χ1v) is 8.92. The highest BCUT2D eigenvalue weighted by Crippen LogP contribution is 2.25. The molecule has 1 saturated heterocycles.